The molecule has 4 rings (SSSR count). The second kappa shape index (κ2) is 7.98. The van der Waals surface area contributed by atoms with E-state index in [4.69, 9.17) is 0 Å². The number of benzene rings is 2. The molecule has 0 amide bonds. The summed E-state index contributed by atoms with van der Waals surface area (Å²) in [4.78, 5) is 4.13. The average molecular weight is 387 g/mol. The summed E-state index contributed by atoms with van der Waals surface area (Å²) in [6.07, 6.45) is 3.57. The summed E-state index contributed by atoms with van der Waals surface area (Å²) in [5.74, 6) is 1.68. The van der Waals surface area contributed by atoms with E-state index in [-0.39, 0.29) is 0 Å². The van der Waals surface area contributed by atoms with E-state index in [1.54, 1.807) is 24.2 Å². The van der Waals surface area contributed by atoms with Gasteiger partial charge in [-0.25, -0.2) is 0 Å². The molecular formula is C23H22N4S. The lowest BCUT2D eigenvalue weighted by molar-refractivity contribution is 0.884. The number of rotatable bonds is 5. The van der Waals surface area contributed by atoms with Crippen LogP contribution in [-0.4, -0.2) is 19.7 Å². The van der Waals surface area contributed by atoms with E-state index in [2.05, 4.69) is 83.0 Å². The van der Waals surface area contributed by atoms with Gasteiger partial charge in [-0.1, -0.05) is 47.7 Å². The van der Waals surface area contributed by atoms with E-state index in [1.807, 2.05) is 12.1 Å². The molecule has 0 N–H and O–H groups in total. The van der Waals surface area contributed by atoms with E-state index in [0.717, 1.165) is 28.0 Å². The Morgan fingerprint density at radius 3 is 2.29 bits per heavy atom. The number of aryl methyl sites for hydroxylation is 3. The van der Waals surface area contributed by atoms with Crippen LogP contribution in [-0.2, 0) is 5.75 Å². The number of hydrogen-bond acceptors (Lipinski definition) is 4. The van der Waals surface area contributed by atoms with Crippen LogP contribution >= 0.6 is 11.8 Å². The summed E-state index contributed by atoms with van der Waals surface area (Å²) in [6.45, 7) is 6.37. The molecule has 0 fully saturated rings. The van der Waals surface area contributed by atoms with Crippen molar-refractivity contribution < 1.29 is 0 Å². The monoisotopic (exact) mass is 386 g/mol. The summed E-state index contributed by atoms with van der Waals surface area (Å²) >= 11 is 1.70. The van der Waals surface area contributed by atoms with Gasteiger partial charge in [0.1, 0.15) is 0 Å². The van der Waals surface area contributed by atoms with Crippen LogP contribution in [0, 0.1) is 20.8 Å². The Morgan fingerprint density at radius 2 is 1.57 bits per heavy atom. The number of hydrogen-bond donors (Lipinski definition) is 0. The van der Waals surface area contributed by atoms with Gasteiger partial charge in [0.15, 0.2) is 11.0 Å². The van der Waals surface area contributed by atoms with Gasteiger partial charge >= 0.3 is 0 Å². The van der Waals surface area contributed by atoms with Gasteiger partial charge in [0.05, 0.1) is 5.69 Å². The SMILES string of the molecule is Cc1ccc(CSc2nnc(-c3ccncc3)n2-c2ccc(C)c(C)c2)cc1. The van der Waals surface area contributed by atoms with E-state index in [0.29, 0.717) is 0 Å². The first-order valence-electron chi connectivity index (χ1n) is 9.23. The molecular weight excluding hydrogens is 364 g/mol. The molecule has 0 saturated carbocycles. The molecule has 0 unspecified atom stereocenters. The fourth-order valence-corrected chi connectivity index (χ4v) is 3.89. The standard InChI is InChI=1S/C23H22N4S/c1-16-4-7-19(8-5-16)15-28-23-26-25-22(20-10-12-24-13-11-20)27(23)21-9-6-17(2)18(3)14-21/h4-14H,15H2,1-3H3. The van der Waals surface area contributed by atoms with Gasteiger partial charge in [-0.2, -0.15) is 0 Å². The van der Waals surface area contributed by atoms with Crippen molar-refractivity contribution in [1.82, 2.24) is 19.7 Å². The van der Waals surface area contributed by atoms with Crippen molar-refractivity contribution in [2.45, 2.75) is 31.7 Å². The molecule has 0 radical (unpaired) electrons. The highest BCUT2D eigenvalue weighted by Gasteiger charge is 2.16. The van der Waals surface area contributed by atoms with Crippen LogP contribution in [0.4, 0.5) is 0 Å². The molecule has 4 aromatic rings. The highest BCUT2D eigenvalue weighted by atomic mass is 32.2. The topological polar surface area (TPSA) is 43.6 Å². The van der Waals surface area contributed by atoms with Gasteiger partial charge in [-0.15, -0.1) is 10.2 Å². The van der Waals surface area contributed by atoms with Gasteiger partial charge in [0.2, 0.25) is 0 Å². The normalized spacial score (nSPS) is 11.0. The third-order valence-electron chi connectivity index (χ3n) is 4.81. The maximum atomic E-state index is 4.51. The summed E-state index contributed by atoms with van der Waals surface area (Å²) < 4.78 is 2.14. The number of thioether (sulfide) groups is 1. The van der Waals surface area contributed by atoms with Crippen molar-refractivity contribution in [2.75, 3.05) is 0 Å². The van der Waals surface area contributed by atoms with Gasteiger partial charge in [0, 0.05) is 23.7 Å². The van der Waals surface area contributed by atoms with Crippen molar-refractivity contribution in [3.8, 4) is 17.1 Å². The van der Waals surface area contributed by atoms with Gasteiger partial charge < -0.3 is 0 Å². The van der Waals surface area contributed by atoms with Crippen molar-refractivity contribution >= 4 is 11.8 Å². The lowest BCUT2D eigenvalue weighted by Gasteiger charge is -2.12. The van der Waals surface area contributed by atoms with Crippen LogP contribution < -0.4 is 0 Å². The third-order valence-corrected chi connectivity index (χ3v) is 5.81. The molecule has 0 atom stereocenters. The predicted octanol–water partition coefficient (Wildman–Crippen LogP) is 5.55. The van der Waals surface area contributed by atoms with Crippen LogP contribution in [0.1, 0.15) is 22.3 Å². The van der Waals surface area contributed by atoms with E-state index in [9.17, 15) is 0 Å². The van der Waals surface area contributed by atoms with Crippen molar-refractivity contribution in [3.63, 3.8) is 0 Å². The summed E-state index contributed by atoms with van der Waals surface area (Å²) in [5, 5.41) is 9.90. The Hall–Kier alpha value is -2.92. The lowest BCUT2D eigenvalue weighted by Crippen LogP contribution is -2.01. The molecule has 5 heteroatoms. The quantitative estimate of drug-likeness (QED) is 0.422. The summed E-state index contributed by atoms with van der Waals surface area (Å²) in [7, 11) is 0. The molecule has 2 heterocycles. The second-order valence-electron chi connectivity index (χ2n) is 6.92. The second-order valence-corrected chi connectivity index (χ2v) is 7.86. The molecule has 0 aliphatic carbocycles. The van der Waals surface area contributed by atoms with E-state index < -0.39 is 0 Å². The number of aromatic nitrogens is 4. The molecule has 28 heavy (non-hydrogen) atoms. The number of nitrogens with zero attached hydrogens (tertiary/aromatic N) is 4. The zero-order valence-corrected chi connectivity index (χ0v) is 17.1. The first-order valence-corrected chi connectivity index (χ1v) is 10.2. The minimum absolute atomic E-state index is 0.831. The van der Waals surface area contributed by atoms with E-state index >= 15 is 0 Å². The van der Waals surface area contributed by atoms with Crippen LogP contribution in [0.25, 0.3) is 17.1 Å². The predicted molar refractivity (Wildman–Crippen MR) is 115 cm³/mol. The Morgan fingerprint density at radius 1 is 0.821 bits per heavy atom. The highest BCUT2D eigenvalue weighted by Crippen LogP contribution is 2.30. The maximum Gasteiger partial charge on any atom is 0.196 e. The zero-order chi connectivity index (χ0) is 19.5. The van der Waals surface area contributed by atoms with E-state index in [1.165, 1.54) is 22.3 Å². The Balaban J connectivity index is 1.74. The molecule has 0 saturated heterocycles. The molecule has 2 aromatic heterocycles. The van der Waals surface area contributed by atoms with Crippen LogP contribution in [0.3, 0.4) is 0 Å². The molecule has 0 aliphatic heterocycles. The first kappa shape index (κ1) is 18.4. The van der Waals surface area contributed by atoms with Crippen molar-refractivity contribution in [1.29, 1.82) is 0 Å². The Labute approximate surface area is 169 Å². The minimum Gasteiger partial charge on any atom is -0.270 e. The summed E-state index contributed by atoms with van der Waals surface area (Å²) in [5.41, 5.74) is 7.15. The molecule has 2 aromatic carbocycles. The fraction of sp³-hybridized carbons (Fsp3) is 0.174. The van der Waals surface area contributed by atoms with Gasteiger partial charge in [-0.05, 0) is 61.7 Å². The highest BCUT2D eigenvalue weighted by molar-refractivity contribution is 7.98. The van der Waals surface area contributed by atoms with Crippen molar-refractivity contribution in [3.05, 3.63) is 89.2 Å². The van der Waals surface area contributed by atoms with Crippen LogP contribution in [0.15, 0.2) is 72.1 Å². The molecule has 0 bridgehead atoms. The average Bonchev–Trinajstić information content (AvgIpc) is 3.14. The van der Waals surface area contributed by atoms with Crippen LogP contribution in [0.5, 0.6) is 0 Å². The number of pyridine rings is 1. The smallest absolute Gasteiger partial charge is 0.196 e. The lowest BCUT2D eigenvalue weighted by atomic mass is 10.1. The fourth-order valence-electron chi connectivity index (χ4n) is 2.98. The third kappa shape index (κ3) is 3.85. The molecule has 0 aliphatic rings. The van der Waals surface area contributed by atoms with Crippen molar-refractivity contribution in [2.24, 2.45) is 0 Å². The molecule has 0 spiro atoms. The zero-order valence-electron chi connectivity index (χ0n) is 16.3. The minimum atomic E-state index is 0.831. The largest absolute Gasteiger partial charge is 0.270 e. The first-order chi connectivity index (χ1) is 13.6. The van der Waals surface area contributed by atoms with Gasteiger partial charge in [-0.3, -0.25) is 9.55 Å². The summed E-state index contributed by atoms with van der Waals surface area (Å²) in [6, 6.07) is 19.0. The Kier molecular flexibility index (Phi) is 5.26. The molecule has 4 nitrogen and oxygen atoms in total. The maximum absolute atomic E-state index is 4.51. The van der Waals surface area contributed by atoms with Crippen LogP contribution in [0.2, 0.25) is 0 Å². The Bertz CT molecular complexity index is 1090. The molecule has 140 valence electrons. The van der Waals surface area contributed by atoms with Gasteiger partial charge in [0.25, 0.3) is 0 Å².